The van der Waals surface area contributed by atoms with E-state index in [4.69, 9.17) is 15.0 Å². The molecule has 0 bridgehead atoms. The van der Waals surface area contributed by atoms with Crippen molar-refractivity contribution in [1.82, 2.24) is 5.32 Å². The Kier molecular flexibility index (Phi) is 5.06. The summed E-state index contributed by atoms with van der Waals surface area (Å²) in [6, 6.07) is 4.34. The van der Waals surface area contributed by atoms with Gasteiger partial charge in [-0.3, -0.25) is 4.79 Å². The molecule has 24 heavy (non-hydrogen) atoms. The summed E-state index contributed by atoms with van der Waals surface area (Å²) in [6.45, 7) is 9.35. The molecular weight excluding hydrogens is 310 g/mol. The predicted molar refractivity (Wildman–Crippen MR) is 93.6 cm³/mol. The van der Waals surface area contributed by atoms with Gasteiger partial charge in [-0.05, 0) is 51.4 Å². The molecule has 1 aromatic carbocycles. The summed E-state index contributed by atoms with van der Waals surface area (Å²) in [5, 5.41) is 2.71. The Morgan fingerprint density at radius 1 is 1.29 bits per heavy atom. The molecule has 3 N–H and O–H groups in total. The number of carbonyl (C=O) groups excluding carboxylic acids is 1. The number of nitrogens with one attached hydrogen (secondary N) is 1. The molecule has 0 aromatic heterocycles. The third kappa shape index (κ3) is 3.97. The van der Waals surface area contributed by atoms with E-state index in [2.05, 4.69) is 5.32 Å². The maximum atomic E-state index is 14.1. The number of benzene rings is 1. The van der Waals surface area contributed by atoms with Gasteiger partial charge in [0, 0.05) is 24.7 Å². The molecule has 1 amide bonds. The van der Waals surface area contributed by atoms with Gasteiger partial charge < -0.3 is 20.4 Å². The van der Waals surface area contributed by atoms with Crippen LogP contribution >= 0.6 is 0 Å². The monoisotopic (exact) mass is 334 g/mol. The Labute approximate surface area is 142 Å². The maximum absolute atomic E-state index is 14.1. The maximum Gasteiger partial charge on any atom is 0.492 e. The molecule has 5 nitrogen and oxygen atoms in total. The highest BCUT2D eigenvalue weighted by Crippen LogP contribution is 2.38. The van der Waals surface area contributed by atoms with Crippen molar-refractivity contribution < 1.29 is 18.5 Å². The van der Waals surface area contributed by atoms with Gasteiger partial charge in [0.25, 0.3) is 0 Å². The minimum atomic E-state index is -0.678. The number of nitrogens with two attached hydrogens (primary N) is 1. The Balaban J connectivity index is 2.37. The van der Waals surface area contributed by atoms with E-state index in [9.17, 15) is 9.18 Å². The van der Waals surface area contributed by atoms with Crippen LogP contribution in [0.2, 0.25) is 0 Å². The number of rotatable bonds is 4. The van der Waals surface area contributed by atoms with Gasteiger partial charge in [-0.25, -0.2) is 4.39 Å². The molecule has 0 unspecified atom stereocenters. The van der Waals surface area contributed by atoms with Crippen molar-refractivity contribution in [3.05, 3.63) is 35.1 Å². The summed E-state index contributed by atoms with van der Waals surface area (Å²) in [5.41, 5.74) is 6.08. The number of nitrogen functional groups attached to an aromatic ring is 1. The highest BCUT2D eigenvalue weighted by Gasteiger charge is 2.52. The Bertz CT molecular complexity index is 658. The summed E-state index contributed by atoms with van der Waals surface area (Å²) in [7, 11) is -0.678. The lowest BCUT2D eigenvalue weighted by Gasteiger charge is -2.32. The van der Waals surface area contributed by atoms with Gasteiger partial charge in [0.15, 0.2) is 0 Å². The molecule has 1 aliphatic rings. The van der Waals surface area contributed by atoms with E-state index in [0.717, 1.165) is 0 Å². The van der Waals surface area contributed by atoms with E-state index in [-0.39, 0.29) is 12.5 Å². The van der Waals surface area contributed by atoms with Crippen molar-refractivity contribution in [2.75, 3.05) is 12.3 Å². The average Bonchev–Trinajstić information content (AvgIpc) is 2.66. The molecule has 130 valence electrons. The van der Waals surface area contributed by atoms with Gasteiger partial charge in [0.2, 0.25) is 5.91 Å². The van der Waals surface area contributed by atoms with Crippen LogP contribution in [-0.2, 0) is 14.1 Å². The minimum Gasteiger partial charge on any atom is -0.400 e. The second-order valence-electron chi connectivity index (χ2n) is 7.00. The average molecular weight is 334 g/mol. The third-order valence-corrected chi connectivity index (χ3v) is 4.46. The van der Waals surface area contributed by atoms with Crippen LogP contribution in [0.3, 0.4) is 0 Å². The first-order valence-corrected chi connectivity index (χ1v) is 7.87. The number of amides is 1. The molecule has 0 saturated carbocycles. The van der Waals surface area contributed by atoms with Crippen molar-refractivity contribution in [2.24, 2.45) is 0 Å². The van der Waals surface area contributed by atoms with E-state index in [1.54, 1.807) is 6.08 Å². The van der Waals surface area contributed by atoms with E-state index in [0.29, 0.717) is 16.7 Å². The van der Waals surface area contributed by atoms with Crippen LogP contribution in [0.4, 0.5) is 10.1 Å². The smallest absolute Gasteiger partial charge is 0.400 e. The second kappa shape index (κ2) is 6.57. The van der Waals surface area contributed by atoms with Crippen molar-refractivity contribution in [1.29, 1.82) is 0 Å². The fourth-order valence-corrected chi connectivity index (χ4v) is 2.30. The molecule has 7 heteroatoms. The lowest BCUT2D eigenvalue weighted by molar-refractivity contribution is -0.118. The number of carbonyl (C=O) groups is 1. The highest BCUT2D eigenvalue weighted by atomic mass is 19.1. The predicted octanol–water partition coefficient (Wildman–Crippen LogP) is 2.56. The quantitative estimate of drug-likeness (QED) is 0.656. The van der Waals surface area contributed by atoms with Gasteiger partial charge in [0.1, 0.15) is 5.82 Å². The first-order chi connectivity index (χ1) is 11.0. The summed E-state index contributed by atoms with van der Waals surface area (Å²) >= 11 is 0. The summed E-state index contributed by atoms with van der Waals surface area (Å²) in [5.74, 6) is -0.591. The van der Waals surface area contributed by atoms with Crippen LogP contribution in [0.15, 0.2) is 23.7 Å². The van der Waals surface area contributed by atoms with E-state index >= 15 is 0 Å². The number of hydrogen-bond donors (Lipinski definition) is 2. The van der Waals surface area contributed by atoms with Crippen LogP contribution in [-0.4, -0.2) is 30.8 Å². The second-order valence-corrected chi connectivity index (χ2v) is 7.00. The van der Waals surface area contributed by atoms with Gasteiger partial charge in [0.05, 0.1) is 11.2 Å². The van der Waals surface area contributed by atoms with Crippen molar-refractivity contribution >= 4 is 24.8 Å². The molecular formula is C17H24BFN2O3. The fourth-order valence-electron chi connectivity index (χ4n) is 2.30. The van der Waals surface area contributed by atoms with Crippen LogP contribution in [0.25, 0.3) is 6.08 Å². The Morgan fingerprint density at radius 2 is 1.88 bits per heavy atom. The molecule has 0 spiro atoms. The number of halogens is 1. The van der Waals surface area contributed by atoms with Crippen LogP contribution < -0.4 is 11.1 Å². The van der Waals surface area contributed by atoms with Crippen LogP contribution in [0.5, 0.6) is 0 Å². The van der Waals surface area contributed by atoms with Crippen molar-refractivity contribution in [3.8, 4) is 0 Å². The summed E-state index contributed by atoms with van der Waals surface area (Å²) in [4.78, 5) is 11.3. The molecule has 1 aliphatic heterocycles. The number of anilines is 1. The van der Waals surface area contributed by atoms with E-state index in [1.807, 2.05) is 27.7 Å². The van der Waals surface area contributed by atoms with Gasteiger partial charge >= 0.3 is 7.12 Å². The van der Waals surface area contributed by atoms with Gasteiger partial charge in [-0.1, -0.05) is 6.08 Å². The normalized spacial score (nSPS) is 19.4. The zero-order valence-corrected chi connectivity index (χ0v) is 14.8. The SMILES string of the molecule is CC(=O)NCC(=Cc1cc(N)ccc1F)B1OC(C)(C)C(C)(C)O1. The summed E-state index contributed by atoms with van der Waals surface area (Å²) < 4.78 is 26.1. The molecule has 2 rings (SSSR count). The third-order valence-electron chi connectivity index (χ3n) is 4.46. The summed E-state index contributed by atoms with van der Waals surface area (Å²) in [6.07, 6.45) is 1.61. The fraction of sp³-hybridized carbons (Fsp3) is 0.471. The zero-order valence-electron chi connectivity index (χ0n) is 14.8. The molecule has 1 heterocycles. The lowest BCUT2D eigenvalue weighted by Crippen LogP contribution is -2.41. The largest absolute Gasteiger partial charge is 0.492 e. The Hall–Kier alpha value is -1.86. The zero-order chi connectivity index (χ0) is 18.1. The topological polar surface area (TPSA) is 73.6 Å². The van der Waals surface area contributed by atoms with Crippen LogP contribution in [0.1, 0.15) is 40.2 Å². The molecule has 1 fully saturated rings. The first kappa shape index (κ1) is 18.5. The Morgan fingerprint density at radius 3 is 2.42 bits per heavy atom. The minimum absolute atomic E-state index is 0.189. The number of hydrogen-bond acceptors (Lipinski definition) is 4. The van der Waals surface area contributed by atoms with Crippen molar-refractivity contribution in [2.45, 2.75) is 45.8 Å². The molecule has 1 saturated heterocycles. The first-order valence-electron chi connectivity index (χ1n) is 7.87. The molecule has 1 aromatic rings. The van der Waals surface area contributed by atoms with Gasteiger partial charge in [-0.2, -0.15) is 0 Å². The van der Waals surface area contributed by atoms with Crippen LogP contribution in [0, 0.1) is 5.82 Å². The van der Waals surface area contributed by atoms with E-state index in [1.165, 1.54) is 25.1 Å². The van der Waals surface area contributed by atoms with Gasteiger partial charge in [-0.15, -0.1) is 0 Å². The molecule has 0 radical (unpaired) electrons. The van der Waals surface area contributed by atoms with E-state index < -0.39 is 24.1 Å². The standard InChI is InChI=1S/C17H24BFN2O3/c1-11(22)21-10-13(8-12-9-14(20)6-7-15(12)19)18-23-16(2,3)17(4,5)24-18/h6-9H,10,20H2,1-5H3,(H,21,22). The van der Waals surface area contributed by atoms with Crippen molar-refractivity contribution in [3.63, 3.8) is 0 Å². The molecule has 0 atom stereocenters. The lowest BCUT2D eigenvalue weighted by atomic mass is 9.77. The highest BCUT2D eigenvalue weighted by molar-refractivity contribution is 6.56. The molecule has 0 aliphatic carbocycles.